The molecule has 2 N–H and O–H groups in total. The second-order valence-corrected chi connectivity index (χ2v) is 5.79. The number of halogens is 2. The molecule has 4 nitrogen and oxygen atoms in total. The van der Waals surface area contributed by atoms with Crippen molar-refractivity contribution in [3.8, 4) is 0 Å². The lowest BCUT2D eigenvalue weighted by atomic mass is 10.1. The molecule has 0 aliphatic heterocycles. The average Bonchev–Trinajstić information content (AvgIpc) is 2.52. The predicted octanol–water partition coefficient (Wildman–Crippen LogP) is 4.39. The highest BCUT2D eigenvalue weighted by Crippen LogP contribution is 2.21. The number of carbonyl (C=O) groups excluding carboxylic acids is 2. The first-order valence-electron chi connectivity index (χ1n) is 7.16. The number of hydrogen-bond acceptors (Lipinski definition) is 2. The molecule has 0 heterocycles. The summed E-state index contributed by atoms with van der Waals surface area (Å²) in [6, 6.07) is 11.4. The molecule has 6 heteroatoms. The Morgan fingerprint density at radius 2 is 1.65 bits per heavy atom. The minimum atomic E-state index is -0.384. The Balaban J connectivity index is 2.22. The predicted molar refractivity (Wildman–Crippen MR) is 93.5 cm³/mol. The number of hydrogen-bond donors (Lipinski definition) is 2. The summed E-state index contributed by atoms with van der Waals surface area (Å²) in [6.07, 6.45) is 0.835. The van der Waals surface area contributed by atoms with Crippen LogP contribution in [0.3, 0.4) is 0 Å². The molecule has 2 amide bonds. The Bertz CT molecular complexity index is 712. The van der Waals surface area contributed by atoms with Crippen LogP contribution in [0.4, 0.5) is 5.69 Å². The van der Waals surface area contributed by atoms with Crippen LogP contribution in [0, 0.1) is 0 Å². The SMILES string of the molecule is CCCNC(=O)c1ccccc1NC(=O)c1cc(Cl)cc(Cl)c1. The van der Waals surface area contributed by atoms with Crippen molar-refractivity contribution in [3.63, 3.8) is 0 Å². The number of anilines is 1. The molecule has 2 aromatic rings. The molecule has 0 unspecified atom stereocenters. The Labute approximate surface area is 144 Å². The lowest BCUT2D eigenvalue weighted by molar-refractivity contribution is 0.0954. The van der Waals surface area contributed by atoms with Crippen LogP contribution in [-0.4, -0.2) is 18.4 Å². The Morgan fingerprint density at radius 3 is 2.30 bits per heavy atom. The summed E-state index contributed by atoms with van der Waals surface area (Å²) in [5, 5.41) is 6.25. The van der Waals surface area contributed by atoms with Gasteiger partial charge in [0, 0.05) is 22.2 Å². The average molecular weight is 351 g/mol. The van der Waals surface area contributed by atoms with Crippen LogP contribution < -0.4 is 10.6 Å². The molecule has 0 fully saturated rings. The van der Waals surface area contributed by atoms with Gasteiger partial charge in [-0.05, 0) is 36.8 Å². The fourth-order valence-electron chi connectivity index (χ4n) is 2.00. The molecule has 0 bridgehead atoms. The van der Waals surface area contributed by atoms with E-state index in [2.05, 4.69) is 10.6 Å². The Kier molecular flexibility index (Phi) is 6.02. The molecule has 120 valence electrons. The number of nitrogens with one attached hydrogen (secondary N) is 2. The van der Waals surface area contributed by atoms with Crippen molar-refractivity contribution in [1.82, 2.24) is 5.32 Å². The third-order valence-corrected chi connectivity index (χ3v) is 3.52. The van der Waals surface area contributed by atoms with Gasteiger partial charge in [-0.2, -0.15) is 0 Å². The van der Waals surface area contributed by atoms with E-state index >= 15 is 0 Å². The summed E-state index contributed by atoms with van der Waals surface area (Å²) in [4.78, 5) is 24.5. The quantitative estimate of drug-likeness (QED) is 0.840. The first-order chi connectivity index (χ1) is 11.0. The zero-order valence-corrected chi connectivity index (χ0v) is 14.0. The van der Waals surface area contributed by atoms with Gasteiger partial charge >= 0.3 is 0 Å². The van der Waals surface area contributed by atoms with E-state index in [1.54, 1.807) is 30.3 Å². The van der Waals surface area contributed by atoms with Crippen molar-refractivity contribution in [2.45, 2.75) is 13.3 Å². The van der Waals surface area contributed by atoms with E-state index in [0.29, 0.717) is 33.4 Å². The van der Waals surface area contributed by atoms with Gasteiger partial charge in [0.05, 0.1) is 11.3 Å². The third-order valence-electron chi connectivity index (χ3n) is 3.08. The molecule has 0 saturated carbocycles. The third kappa shape index (κ3) is 4.71. The minimum absolute atomic E-state index is 0.230. The molecule has 0 spiro atoms. The number of benzene rings is 2. The number of carbonyl (C=O) groups is 2. The number of rotatable bonds is 5. The monoisotopic (exact) mass is 350 g/mol. The van der Waals surface area contributed by atoms with Gasteiger partial charge in [-0.25, -0.2) is 0 Å². The molecular weight excluding hydrogens is 335 g/mol. The first kappa shape index (κ1) is 17.3. The number of para-hydroxylation sites is 1. The maximum absolute atomic E-state index is 12.3. The number of amides is 2. The molecule has 2 rings (SSSR count). The summed E-state index contributed by atoms with van der Waals surface area (Å²) in [5.41, 5.74) is 1.16. The lowest BCUT2D eigenvalue weighted by Gasteiger charge is -2.11. The molecule has 0 aliphatic carbocycles. The highest BCUT2D eigenvalue weighted by atomic mass is 35.5. The Morgan fingerprint density at radius 1 is 1.00 bits per heavy atom. The summed E-state index contributed by atoms with van der Waals surface area (Å²) < 4.78 is 0. The molecule has 23 heavy (non-hydrogen) atoms. The van der Waals surface area contributed by atoms with Crippen molar-refractivity contribution in [2.24, 2.45) is 0 Å². The van der Waals surface area contributed by atoms with E-state index in [0.717, 1.165) is 6.42 Å². The van der Waals surface area contributed by atoms with Crippen LogP contribution in [0.25, 0.3) is 0 Å². The van der Waals surface area contributed by atoms with E-state index in [1.807, 2.05) is 6.92 Å². The van der Waals surface area contributed by atoms with E-state index in [1.165, 1.54) is 12.1 Å². The molecular formula is C17H16Cl2N2O2. The highest BCUT2D eigenvalue weighted by molar-refractivity contribution is 6.35. The molecule has 0 atom stereocenters. The normalized spacial score (nSPS) is 10.2. The first-order valence-corrected chi connectivity index (χ1v) is 7.91. The van der Waals surface area contributed by atoms with Crippen LogP contribution in [-0.2, 0) is 0 Å². The van der Waals surface area contributed by atoms with Crippen LogP contribution in [0.1, 0.15) is 34.1 Å². The summed E-state index contributed by atoms with van der Waals surface area (Å²) >= 11 is 11.8. The van der Waals surface area contributed by atoms with Gasteiger partial charge in [0.15, 0.2) is 0 Å². The van der Waals surface area contributed by atoms with Crippen LogP contribution >= 0.6 is 23.2 Å². The Hall–Kier alpha value is -2.04. The maximum Gasteiger partial charge on any atom is 0.255 e. The van der Waals surface area contributed by atoms with E-state index in [9.17, 15) is 9.59 Å². The van der Waals surface area contributed by atoms with Gasteiger partial charge in [-0.3, -0.25) is 9.59 Å². The smallest absolute Gasteiger partial charge is 0.255 e. The summed E-state index contributed by atoms with van der Waals surface area (Å²) in [6.45, 7) is 2.54. The summed E-state index contributed by atoms with van der Waals surface area (Å²) in [5.74, 6) is -0.614. The minimum Gasteiger partial charge on any atom is -0.352 e. The molecule has 0 aliphatic rings. The van der Waals surface area contributed by atoms with Crippen LogP contribution in [0.5, 0.6) is 0 Å². The van der Waals surface area contributed by atoms with E-state index in [4.69, 9.17) is 23.2 Å². The van der Waals surface area contributed by atoms with Crippen molar-refractivity contribution in [1.29, 1.82) is 0 Å². The van der Waals surface area contributed by atoms with Gasteiger partial charge in [0.1, 0.15) is 0 Å². The molecule has 0 saturated heterocycles. The zero-order chi connectivity index (χ0) is 16.8. The fraction of sp³-hybridized carbons (Fsp3) is 0.176. The van der Waals surface area contributed by atoms with Gasteiger partial charge in [0.2, 0.25) is 0 Å². The van der Waals surface area contributed by atoms with Crippen molar-refractivity contribution < 1.29 is 9.59 Å². The van der Waals surface area contributed by atoms with E-state index in [-0.39, 0.29) is 11.8 Å². The fourth-order valence-corrected chi connectivity index (χ4v) is 2.53. The van der Waals surface area contributed by atoms with E-state index < -0.39 is 0 Å². The second kappa shape index (κ2) is 7.99. The molecule has 2 aromatic carbocycles. The van der Waals surface area contributed by atoms with Crippen molar-refractivity contribution in [3.05, 3.63) is 63.6 Å². The van der Waals surface area contributed by atoms with Crippen LogP contribution in [0.15, 0.2) is 42.5 Å². The van der Waals surface area contributed by atoms with Gasteiger partial charge < -0.3 is 10.6 Å². The maximum atomic E-state index is 12.3. The highest BCUT2D eigenvalue weighted by Gasteiger charge is 2.14. The van der Waals surface area contributed by atoms with Gasteiger partial charge in [0.25, 0.3) is 11.8 Å². The largest absolute Gasteiger partial charge is 0.352 e. The zero-order valence-electron chi connectivity index (χ0n) is 12.5. The summed E-state index contributed by atoms with van der Waals surface area (Å²) in [7, 11) is 0. The van der Waals surface area contributed by atoms with Crippen molar-refractivity contribution >= 4 is 40.7 Å². The topological polar surface area (TPSA) is 58.2 Å². The molecule has 0 aromatic heterocycles. The second-order valence-electron chi connectivity index (χ2n) is 4.91. The van der Waals surface area contributed by atoms with Crippen molar-refractivity contribution in [2.75, 3.05) is 11.9 Å². The van der Waals surface area contributed by atoms with Gasteiger partial charge in [-0.15, -0.1) is 0 Å². The molecule has 0 radical (unpaired) electrons. The van der Waals surface area contributed by atoms with Crippen LogP contribution in [0.2, 0.25) is 10.0 Å². The van der Waals surface area contributed by atoms with Gasteiger partial charge in [-0.1, -0.05) is 42.3 Å². The standard InChI is InChI=1S/C17H16Cl2N2O2/c1-2-7-20-17(23)14-5-3-4-6-15(14)21-16(22)11-8-12(18)10-13(19)9-11/h3-6,8-10H,2,7H2,1H3,(H,20,23)(H,21,22). The lowest BCUT2D eigenvalue weighted by Crippen LogP contribution is -2.25.